The predicted octanol–water partition coefficient (Wildman–Crippen LogP) is 4.88. The van der Waals surface area contributed by atoms with Gasteiger partial charge in [-0.2, -0.15) is 0 Å². The van der Waals surface area contributed by atoms with E-state index < -0.39 is 0 Å². The fraction of sp³-hybridized carbons (Fsp3) is 0.294. The van der Waals surface area contributed by atoms with E-state index in [2.05, 4.69) is 35.0 Å². The molecular weight excluding hydrogens is 352 g/mol. The van der Waals surface area contributed by atoms with Crippen LogP contribution < -0.4 is 9.47 Å². The maximum absolute atomic E-state index is 5.90. The third-order valence-electron chi connectivity index (χ3n) is 3.55. The van der Waals surface area contributed by atoms with Gasteiger partial charge in [-0.1, -0.05) is 33.6 Å². The molecule has 1 unspecified atom stereocenters. The molecule has 0 bridgehead atoms. The normalized spacial score (nSPS) is 16.4. The van der Waals surface area contributed by atoms with Crippen LogP contribution in [0.3, 0.4) is 0 Å². The van der Waals surface area contributed by atoms with Crippen LogP contribution in [0.2, 0.25) is 0 Å². The number of aryl methyl sites for hydroxylation is 1. The van der Waals surface area contributed by atoms with Crippen molar-refractivity contribution in [3.8, 4) is 11.5 Å². The van der Waals surface area contributed by atoms with Gasteiger partial charge in [-0.05, 0) is 42.3 Å². The molecule has 0 spiro atoms. The quantitative estimate of drug-likeness (QED) is 0.717. The molecule has 2 aromatic rings. The van der Waals surface area contributed by atoms with Gasteiger partial charge in [0.15, 0.2) is 0 Å². The van der Waals surface area contributed by atoms with Crippen LogP contribution in [0, 0.1) is 6.92 Å². The molecule has 0 aromatic heterocycles. The van der Waals surface area contributed by atoms with Crippen LogP contribution >= 0.6 is 27.5 Å². The average molecular weight is 368 g/mol. The first-order valence-electron chi connectivity index (χ1n) is 6.89. The fourth-order valence-corrected chi connectivity index (χ4v) is 3.24. The molecule has 1 aliphatic rings. The van der Waals surface area contributed by atoms with Gasteiger partial charge in [-0.3, -0.25) is 0 Å². The summed E-state index contributed by atoms with van der Waals surface area (Å²) in [5, 5.41) is 0. The molecule has 2 nitrogen and oxygen atoms in total. The van der Waals surface area contributed by atoms with Crippen LogP contribution in [0.4, 0.5) is 0 Å². The first kappa shape index (κ1) is 14.7. The number of alkyl halides is 1. The van der Waals surface area contributed by atoms with Crippen molar-refractivity contribution in [2.45, 2.75) is 25.3 Å². The van der Waals surface area contributed by atoms with Gasteiger partial charge in [0.2, 0.25) is 0 Å². The Morgan fingerprint density at radius 1 is 1.29 bits per heavy atom. The Hall–Kier alpha value is -1.19. The van der Waals surface area contributed by atoms with E-state index in [4.69, 9.17) is 21.1 Å². The largest absolute Gasteiger partial charge is 0.490 e. The number of rotatable bonds is 4. The molecule has 0 N–H and O–H groups in total. The highest BCUT2D eigenvalue weighted by Gasteiger charge is 2.23. The third kappa shape index (κ3) is 3.35. The van der Waals surface area contributed by atoms with Crippen molar-refractivity contribution >= 4 is 27.5 Å². The summed E-state index contributed by atoms with van der Waals surface area (Å²) in [6.45, 7) is 2.64. The van der Waals surface area contributed by atoms with E-state index in [0.29, 0.717) is 12.5 Å². The second-order valence-electron chi connectivity index (χ2n) is 5.25. The van der Waals surface area contributed by atoms with Crippen LogP contribution in [-0.2, 0) is 12.3 Å². The standard InChI is InChI=1S/C17H16BrClO2/c1-11-2-5-17-12(6-11)7-15(21-17)10-20-14-3-4-16(18)13(8-14)9-19/h2-6,8,15H,7,9-10H2,1H3. The second kappa shape index (κ2) is 6.29. The van der Waals surface area contributed by atoms with Gasteiger partial charge >= 0.3 is 0 Å². The maximum atomic E-state index is 5.90. The van der Waals surface area contributed by atoms with E-state index in [9.17, 15) is 0 Å². The van der Waals surface area contributed by atoms with E-state index in [-0.39, 0.29) is 6.10 Å². The van der Waals surface area contributed by atoms with E-state index >= 15 is 0 Å². The van der Waals surface area contributed by atoms with E-state index in [1.165, 1.54) is 11.1 Å². The van der Waals surface area contributed by atoms with Crippen molar-refractivity contribution in [1.29, 1.82) is 0 Å². The molecule has 3 rings (SSSR count). The minimum atomic E-state index is 0.0740. The monoisotopic (exact) mass is 366 g/mol. The van der Waals surface area contributed by atoms with E-state index in [1.807, 2.05) is 24.3 Å². The fourth-order valence-electron chi connectivity index (χ4n) is 2.47. The summed E-state index contributed by atoms with van der Waals surface area (Å²) in [6, 6.07) is 12.1. The molecular formula is C17H16BrClO2. The molecule has 0 fully saturated rings. The third-order valence-corrected chi connectivity index (χ3v) is 4.62. The molecule has 110 valence electrons. The molecule has 1 aliphatic heterocycles. The molecule has 0 radical (unpaired) electrons. The van der Waals surface area contributed by atoms with Gasteiger partial charge < -0.3 is 9.47 Å². The summed E-state index contributed by atoms with van der Waals surface area (Å²) < 4.78 is 12.8. The Morgan fingerprint density at radius 2 is 2.14 bits per heavy atom. The number of hydrogen-bond acceptors (Lipinski definition) is 2. The predicted molar refractivity (Wildman–Crippen MR) is 88.5 cm³/mol. The summed E-state index contributed by atoms with van der Waals surface area (Å²) in [5.74, 6) is 2.26. The Bertz CT molecular complexity index is 657. The van der Waals surface area contributed by atoms with Gasteiger partial charge in [-0.15, -0.1) is 11.6 Å². The molecule has 0 saturated carbocycles. The van der Waals surface area contributed by atoms with Crippen molar-refractivity contribution in [2.75, 3.05) is 6.61 Å². The number of fused-ring (bicyclic) bond motifs is 1. The molecule has 0 aliphatic carbocycles. The Balaban J connectivity index is 1.62. The smallest absolute Gasteiger partial charge is 0.137 e. The molecule has 21 heavy (non-hydrogen) atoms. The topological polar surface area (TPSA) is 18.5 Å². The van der Waals surface area contributed by atoms with Crippen molar-refractivity contribution in [3.05, 3.63) is 57.6 Å². The lowest BCUT2D eigenvalue weighted by atomic mass is 10.1. The van der Waals surface area contributed by atoms with Gasteiger partial charge in [0.25, 0.3) is 0 Å². The van der Waals surface area contributed by atoms with Crippen LogP contribution in [0.5, 0.6) is 11.5 Å². The lowest BCUT2D eigenvalue weighted by Crippen LogP contribution is -2.22. The first-order chi connectivity index (χ1) is 10.2. The molecule has 2 aromatic carbocycles. The number of hydrogen-bond donors (Lipinski definition) is 0. The molecule has 4 heteroatoms. The molecule has 1 atom stereocenters. The van der Waals surface area contributed by atoms with Crippen molar-refractivity contribution in [3.63, 3.8) is 0 Å². The number of benzene rings is 2. The van der Waals surface area contributed by atoms with Crippen LogP contribution in [0.25, 0.3) is 0 Å². The highest BCUT2D eigenvalue weighted by molar-refractivity contribution is 9.10. The van der Waals surface area contributed by atoms with Crippen molar-refractivity contribution in [1.82, 2.24) is 0 Å². The van der Waals surface area contributed by atoms with Crippen LogP contribution in [0.15, 0.2) is 40.9 Å². The average Bonchev–Trinajstić information content (AvgIpc) is 2.88. The summed E-state index contributed by atoms with van der Waals surface area (Å²) in [5.41, 5.74) is 3.56. The zero-order chi connectivity index (χ0) is 14.8. The van der Waals surface area contributed by atoms with Gasteiger partial charge in [0, 0.05) is 16.8 Å². The SMILES string of the molecule is Cc1ccc2c(c1)CC(COc1ccc(Br)c(CCl)c1)O2. The Labute approximate surface area is 138 Å². The van der Waals surface area contributed by atoms with Crippen molar-refractivity contribution in [2.24, 2.45) is 0 Å². The summed E-state index contributed by atoms with van der Waals surface area (Å²) in [7, 11) is 0. The molecule has 1 heterocycles. The van der Waals surface area contributed by atoms with E-state index in [1.54, 1.807) is 0 Å². The Kier molecular flexibility index (Phi) is 4.41. The first-order valence-corrected chi connectivity index (χ1v) is 8.22. The highest BCUT2D eigenvalue weighted by Crippen LogP contribution is 2.30. The Morgan fingerprint density at radius 3 is 2.95 bits per heavy atom. The van der Waals surface area contributed by atoms with Gasteiger partial charge in [0.05, 0.1) is 0 Å². The van der Waals surface area contributed by atoms with E-state index in [0.717, 1.165) is 28.0 Å². The molecule has 0 amide bonds. The number of halogens is 2. The maximum Gasteiger partial charge on any atom is 0.137 e. The zero-order valence-electron chi connectivity index (χ0n) is 11.7. The summed E-state index contributed by atoms with van der Waals surface area (Å²) in [4.78, 5) is 0. The molecule has 0 saturated heterocycles. The second-order valence-corrected chi connectivity index (χ2v) is 6.37. The minimum absolute atomic E-state index is 0.0740. The van der Waals surface area contributed by atoms with Crippen molar-refractivity contribution < 1.29 is 9.47 Å². The minimum Gasteiger partial charge on any atom is -0.490 e. The lowest BCUT2D eigenvalue weighted by molar-refractivity contribution is 0.148. The van der Waals surface area contributed by atoms with Crippen LogP contribution in [-0.4, -0.2) is 12.7 Å². The van der Waals surface area contributed by atoms with Gasteiger partial charge in [0.1, 0.15) is 24.2 Å². The summed E-state index contributed by atoms with van der Waals surface area (Å²) in [6.07, 6.45) is 0.973. The summed E-state index contributed by atoms with van der Waals surface area (Å²) >= 11 is 9.37. The highest BCUT2D eigenvalue weighted by atomic mass is 79.9. The van der Waals surface area contributed by atoms with Gasteiger partial charge in [-0.25, -0.2) is 0 Å². The zero-order valence-corrected chi connectivity index (χ0v) is 14.1. The van der Waals surface area contributed by atoms with Crippen LogP contribution in [0.1, 0.15) is 16.7 Å². The lowest BCUT2D eigenvalue weighted by Gasteiger charge is -2.13. The number of ether oxygens (including phenoxy) is 2.